The van der Waals surface area contributed by atoms with Crippen molar-refractivity contribution in [1.29, 1.82) is 0 Å². The maximum atomic E-state index is 4.83. The molecule has 0 atom stereocenters. The Morgan fingerprint density at radius 2 is 0.587 bits per heavy atom. The monoisotopic (exact) mass is 1600 g/mol. The quantitative estimate of drug-likeness (QED) is 0.101. The second-order valence-corrected chi connectivity index (χ2v) is 32.5. The molecule has 0 N–H and O–H groups in total. The highest BCUT2D eigenvalue weighted by atomic mass is 15.4. The first-order chi connectivity index (χ1) is 58.2. The second kappa shape index (κ2) is 37.5. The largest absolute Gasteiger partial charge is 0.259 e. The van der Waals surface area contributed by atoms with Crippen molar-refractivity contribution in [1.82, 2.24) is 48.3 Å². The fourth-order valence-corrected chi connectivity index (χ4v) is 16.8. The zero-order valence-electron chi connectivity index (χ0n) is 74.6. The third-order valence-electron chi connectivity index (χ3n) is 22.8. The third kappa shape index (κ3) is 18.6. The van der Waals surface area contributed by atoms with Crippen molar-refractivity contribution < 1.29 is 23.4 Å². The van der Waals surface area contributed by atoms with Crippen LogP contribution in [0.15, 0.2) is 293 Å². The summed E-state index contributed by atoms with van der Waals surface area (Å²) in [5, 5.41) is 0. The molecule has 0 aliphatic carbocycles. The first kappa shape index (κ1) is 85.2. The number of hydrogen-bond donors (Lipinski definition) is 0. The molecule has 0 fully saturated rings. The van der Waals surface area contributed by atoms with Gasteiger partial charge in [-0.05, 0) is 227 Å². The van der Waals surface area contributed by atoms with Crippen LogP contribution in [-0.4, -0.2) is 48.3 Å². The molecule has 0 aliphatic rings. The predicted molar refractivity (Wildman–Crippen MR) is 492 cm³/mol. The number of rotatable bonds is 14. The molecule has 10 heterocycles. The zero-order valence-corrected chi connectivity index (χ0v) is 74.6. The molecular weight excluding hydrogens is 1480 g/mol. The predicted octanol–water partition coefficient (Wildman–Crippen LogP) is 21.4. The Balaban J connectivity index is 0.000000132. The minimum atomic E-state index is 0.485. The van der Waals surface area contributed by atoms with E-state index in [1.165, 1.54) is 128 Å². The topological polar surface area (TPSA) is 108 Å². The van der Waals surface area contributed by atoms with Gasteiger partial charge in [0, 0.05) is 42.0 Å². The summed E-state index contributed by atoms with van der Waals surface area (Å²) in [7, 11) is 10.3. The molecule has 0 spiro atoms. The smallest absolute Gasteiger partial charge is 0.203 e. The lowest BCUT2D eigenvalue weighted by atomic mass is 9.86. The van der Waals surface area contributed by atoms with E-state index < -0.39 is 0 Å². The Bertz CT molecular complexity index is 6300. The Morgan fingerprint density at radius 1 is 0.256 bits per heavy atom. The van der Waals surface area contributed by atoms with Crippen LogP contribution in [0.2, 0.25) is 0 Å². The molecule has 15 heteroatoms. The van der Waals surface area contributed by atoms with Crippen LogP contribution in [0.4, 0.5) is 0 Å². The van der Waals surface area contributed by atoms with Crippen molar-refractivity contribution >= 4 is 0 Å². The maximum Gasteiger partial charge on any atom is 0.203 e. The van der Waals surface area contributed by atoms with Gasteiger partial charge in [0.25, 0.3) is 0 Å². The average Bonchev–Trinajstić information content (AvgIpc) is 1.70. The highest BCUT2D eigenvalue weighted by Gasteiger charge is 2.27. The first-order valence-electron chi connectivity index (χ1n) is 41.8. The molecule has 0 amide bonds. The van der Waals surface area contributed by atoms with Crippen molar-refractivity contribution in [2.24, 2.45) is 35.2 Å². The SMILES string of the molecule is Cc1cccc(C)c1-c1cn(-c2c(C)ccnc2C)[n+](C)c1.Cc1ccccc1-c1cc(C)c(-n2ccc[n+]2C)c(C)n1.Cc1ccnc(C)c1-n1cc(-c2c(-c3ccccc3)cccc2-c2ccccc2)c[n+]1C.Cc1ccnc(C)c1-n1cc(-c2c(C(C)C)cccc2C(C)C)c[n+]1C.Cc1ccnc(C)c1-n1cc(-c2ccccc2)c[n+]1C. The molecule has 0 aliphatic heterocycles. The first-order valence-corrected chi connectivity index (χ1v) is 41.8. The van der Waals surface area contributed by atoms with E-state index in [0.717, 1.165) is 62.6 Å². The summed E-state index contributed by atoms with van der Waals surface area (Å²) in [5.41, 5.74) is 40.9. The average molecular weight is 1600 g/mol. The van der Waals surface area contributed by atoms with Crippen molar-refractivity contribution in [2.45, 2.75) is 130 Å². The second-order valence-electron chi connectivity index (χ2n) is 32.5. The molecule has 610 valence electrons. The Hall–Kier alpha value is -13.7. The van der Waals surface area contributed by atoms with Gasteiger partial charge in [0.05, 0.1) is 87.4 Å². The number of aromatic nitrogens is 15. The third-order valence-corrected chi connectivity index (χ3v) is 22.8. The van der Waals surface area contributed by atoms with E-state index in [4.69, 9.17) is 4.98 Å². The van der Waals surface area contributed by atoms with Gasteiger partial charge in [-0.1, -0.05) is 198 Å². The molecule has 0 saturated carbocycles. The van der Waals surface area contributed by atoms with E-state index in [-0.39, 0.29) is 0 Å². The van der Waals surface area contributed by atoms with Gasteiger partial charge in [-0.25, -0.2) is 0 Å². The molecule has 0 saturated heterocycles. The molecule has 17 rings (SSSR count). The summed E-state index contributed by atoms with van der Waals surface area (Å²) < 4.78 is 21.5. The normalized spacial score (nSPS) is 11.0. The van der Waals surface area contributed by atoms with Gasteiger partial charge in [-0.15, -0.1) is 46.8 Å². The Morgan fingerprint density at radius 3 is 0.967 bits per heavy atom. The summed E-state index contributed by atoms with van der Waals surface area (Å²) in [6.45, 7) is 36.5. The van der Waals surface area contributed by atoms with Gasteiger partial charge in [0.2, 0.25) is 24.8 Å². The van der Waals surface area contributed by atoms with E-state index in [1.54, 1.807) is 0 Å². The Kier molecular flexibility index (Phi) is 26.4. The Labute approximate surface area is 715 Å². The van der Waals surface area contributed by atoms with Crippen LogP contribution >= 0.6 is 0 Å². The van der Waals surface area contributed by atoms with Crippen LogP contribution < -0.4 is 23.4 Å². The summed E-state index contributed by atoms with van der Waals surface area (Å²) in [6, 6.07) is 72.3. The number of aryl methyl sites for hydroxylation is 18. The van der Waals surface area contributed by atoms with Crippen molar-refractivity contribution in [2.75, 3.05) is 0 Å². The number of benzene rings is 7. The van der Waals surface area contributed by atoms with E-state index >= 15 is 0 Å². The van der Waals surface area contributed by atoms with Gasteiger partial charge in [-0.3, -0.25) is 24.9 Å². The summed E-state index contributed by atoms with van der Waals surface area (Å²) in [4.78, 5) is 22.7. The van der Waals surface area contributed by atoms with Crippen molar-refractivity contribution in [3.63, 3.8) is 0 Å². The van der Waals surface area contributed by atoms with E-state index in [0.29, 0.717) is 11.8 Å². The van der Waals surface area contributed by atoms with Gasteiger partial charge in [0.1, 0.15) is 28.4 Å². The number of hydrogen-bond acceptors (Lipinski definition) is 5. The standard InChI is InChI=1S/C29H26N3.C23H30N3.C19H22N3.C18H20N3.C17H18N3/c1-21-17-18-30-22(2)29(21)32-20-25(19-31(32)3)28-26(23-11-6-4-7-12-23)15-10-16-27(28)24-13-8-5-9-14-24;1-15(2)20-9-8-10-21(16(3)4)22(20)19-13-25(7)26(14-19)23-17(5)11-12-24-18(23)6;1-13-7-6-8-14(2)18(13)17-11-21(5)22(12-17)19-15(3)9-10-20-16(19)4;1-13-8-5-6-9-16(13)17-12-14(2)18(15(3)19-17)21-11-7-10-20(21)4;1-13-9-10-18-14(2)17(13)20-12-16(11-19(20)3)15-7-5-4-6-8-15/h4-20H,1-3H3;8-16H,1-7H3;6-12H,1-5H3;5-12H,1-4H3;4-12H,1-3H3/q5*+1. The van der Waals surface area contributed by atoms with E-state index in [9.17, 15) is 0 Å². The lowest BCUT2D eigenvalue weighted by Crippen LogP contribution is -2.37. The van der Waals surface area contributed by atoms with Crippen LogP contribution in [0, 0.1) is 90.0 Å². The van der Waals surface area contributed by atoms with Crippen molar-refractivity contribution in [3.05, 3.63) is 377 Å². The van der Waals surface area contributed by atoms with Crippen molar-refractivity contribution in [3.8, 4) is 106 Å². The van der Waals surface area contributed by atoms with Crippen LogP contribution in [0.3, 0.4) is 0 Å². The molecule has 0 bridgehead atoms. The van der Waals surface area contributed by atoms with Gasteiger partial charge >= 0.3 is 0 Å². The van der Waals surface area contributed by atoms with E-state index in [1.807, 2.05) is 63.2 Å². The molecule has 0 radical (unpaired) electrons. The lowest BCUT2D eigenvalue weighted by Gasteiger charge is -2.18. The molecular formula is C106H116N15+5. The summed E-state index contributed by atoms with van der Waals surface area (Å²) in [5.74, 6) is 0.971. The zero-order chi connectivity index (χ0) is 86.0. The van der Waals surface area contributed by atoms with Gasteiger partial charge in [0.15, 0.2) is 41.4 Å². The van der Waals surface area contributed by atoms with Crippen LogP contribution in [-0.2, 0) is 35.2 Å². The van der Waals surface area contributed by atoms with Crippen LogP contribution in [0.5, 0.6) is 0 Å². The molecule has 15 nitrogen and oxygen atoms in total. The highest BCUT2D eigenvalue weighted by Crippen LogP contribution is 2.41. The summed E-state index contributed by atoms with van der Waals surface area (Å²) in [6.07, 6.45) is 29.2. The number of pyridine rings is 5. The van der Waals surface area contributed by atoms with E-state index in [2.05, 4.69) is 450 Å². The number of nitrogens with zero attached hydrogens (tertiary/aromatic N) is 15. The fraction of sp³-hybridized carbons (Fsp3) is 0.226. The molecule has 0 unspecified atom stereocenters. The lowest BCUT2D eigenvalue weighted by molar-refractivity contribution is -0.744. The summed E-state index contributed by atoms with van der Waals surface area (Å²) >= 11 is 0. The van der Waals surface area contributed by atoms with Gasteiger partial charge in [-0.2, -0.15) is 0 Å². The molecule has 7 aromatic carbocycles. The van der Waals surface area contributed by atoms with Gasteiger partial charge < -0.3 is 0 Å². The maximum absolute atomic E-state index is 4.83. The fourth-order valence-electron chi connectivity index (χ4n) is 16.8. The minimum absolute atomic E-state index is 0.485. The molecule has 17 aromatic rings. The van der Waals surface area contributed by atoms with Crippen LogP contribution in [0.1, 0.15) is 124 Å². The minimum Gasteiger partial charge on any atom is -0.259 e. The highest BCUT2D eigenvalue weighted by molar-refractivity contribution is 5.94. The molecule has 10 aromatic heterocycles. The molecule has 121 heavy (non-hydrogen) atoms. The van der Waals surface area contributed by atoms with Crippen LogP contribution in [0.25, 0.3) is 106 Å².